The standard InChI is InChI=1S/C28H31FN6O3.C8H14N4/c1-34(2)12-13-35(3)17-18-6-9-24(32-16-18)33-28(36)21-8-7-20(26-27(21)31-11-10-30-26)22-14-19(37-4)15-23(38-5)25(22)29;9-8-10-5-7(11-8)6-12-3-1-2-4-12/h6-11,14-16H,12-13,17H2,1-5H3,(H,32,33,36);5H,1-4,6H2,(H3,9,10,11). The van der Waals surface area contributed by atoms with Gasteiger partial charge in [-0.3, -0.25) is 19.7 Å². The number of amides is 1. The molecule has 1 aliphatic heterocycles. The van der Waals surface area contributed by atoms with E-state index < -0.39 is 11.7 Å². The second kappa shape index (κ2) is 17.0. The third-order valence-corrected chi connectivity index (χ3v) is 8.32. The predicted molar refractivity (Wildman–Crippen MR) is 193 cm³/mol. The Morgan fingerprint density at radius 2 is 1.70 bits per heavy atom. The molecule has 5 aromatic rings. The highest BCUT2D eigenvalue weighted by Gasteiger charge is 2.21. The molecule has 13 nitrogen and oxygen atoms in total. The lowest BCUT2D eigenvalue weighted by molar-refractivity contribution is 0.102. The average molecular weight is 685 g/mol. The lowest BCUT2D eigenvalue weighted by atomic mass is 9.99. The number of carbonyl (C=O) groups excluding carboxylic acids is 1. The number of nitrogen functional groups attached to an aromatic ring is 1. The van der Waals surface area contributed by atoms with Crippen LogP contribution < -0.4 is 20.5 Å². The van der Waals surface area contributed by atoms with Gasteiger partial charge in [-0.2, -0.15) is 0 Å². The van der Waals surface area contributed by atoms with Crippen molar-refractivity contribution in [1.29, 1.82) is 0 Å². The van der Waals surface area contributed by atoms with Crippen molar-refractivity contribution in [2.45, 2.75) is 25.9 Å². The van der Waals surface area contributed by atoms with E-state index in [0.29, 0.717) is 39.7 Å². The lowest BCUT2D eigenvalue weighted by Gasteiger charge is -2.19. The van der Waals surface area contributed by atoms with E-state index in [0.717, 1.165) is 37.4 Å². The number of pyridine rings is 1. The third-order valence-electron chi connectivity index (χ3n) is 8.32. The molecule has 0 spiro atoms. The molecule has 2 aromatic carbocycles. The van der Waals surface area contributed by atoms with Gasteiger partial charge in [0.15, 0.2) is 17.5 Å². The van der Waals surface area contributed by atoms with Crippen molar-refractivity contribution in [2.24, 2.45) is 0 Å². The van der Waals surface area contributed by atoms with Crippen LogP contribution in [0.4, 0.5) is 16.2 Å². The van der Waals surface area contributed by atoms with Gasteiger partial charge in [0.1, 0.15) is 17.1 Å². The molecule has 0 saturated carbocycles. The molecule has 14 heteroatoms. The molecule has 1 aliphatic rings. The maximum Gasteiger partial charge on any atom is 0.259 e. The first-order chi connectivity index (χ1) is 24.1. The van der Waals surface area contributed by atoms with Crippen molar-refractivity contribution in [3.63, 3.8) is 0 Å². The van der Waals surface area contributed by atoms with E-state index in [4.69, 9.17) is 15.2 Å². The van der Waals surface area contributed by atoms with Gasteiger partial charge in [0.2, 0.25) is 0 Å². The molecule has 4 heterocycles. The first-order valence-electron chi connectivity index (χ1n) is 16.4. The number of nitrogens with zero attached hydrogens (tertiary/aromatic N) is 7. The molecule has 1 amide bonds. The molecule has 0 unspecified atom stereocenters. The van der Waals surface area contributed by atoms with Crippen molar-refractivity contribution in [2.75, 3.05) is 72.6 Å². The van der Waals surface area contributed by atoms with E-state index in [2.05, 4.69) is 52.0 Å². The molecule has 0 radical (unpaired) electrons. The zero-order chi connectivity index (χ0) is 35.6. The molecular formula is C36H45FN10O3. The Bertz CT molecular complexity index is 1880. The maximum atomic E-state index is 15.2. The van der Waals surface area contributed by atoms with Crippen molar-refractivity contribution >= 4 is 28.7 Å². The molecule has 0 bridgehead atoms. The zero-order valence-corrected chi connectivity index (χ0v) is 29.2. The summed E-state index contributed by atoms with van der Waals surface area (Å²) in [7, 11) is 9.03. The first-order valence-corrected chi connectivity index (χ1v) is 16.4. The van der Waals surface area contributed by atoms with E-state index in [1.807, 2.05) is 26.4 Å². The van der Waals surface area contributed by atoms with Crippen molar-refractivity contribution in [3.05, 3.63) is 83.8 Å². The molecule has 0 atom stereocenters. The van der Waals surface area contributed by atoms with E-state index >= 15 is 4.39 Å². The number of hydrogen-bond acceptors (Lipinski definition) is 11. The maximum absolute atomic E-state index is 15.2. The van der Waals surface area contributed by atoms with E-state index in [1.165, 1.54) is 58.6 Å². The number of aromatic nitrogens is 5. The summed E-state index contributed by atoms with van der Waals surface area (Å²) in [6.07, 6.45) is 9.20. The van der Waals surface area contributed by atoms with Gasteiger partial charge in [0.25, 0.3) is 5.91 Å². The number of aromatic amines is 1. The number of H-pyrrole nitrogens is 1. The Balaban J connectivity index is 0.000000338. The molecule has 1 saturated heterocycles. The van der Waals surface area contributed by atoms with Gasteiger partial charge < -0.3 is 35.3 Å². The number of carbonyl (C=O) groups is 1. The molecule has 1 fully saturated rings. The Hall–Kier alpha value is -5.18. The molecule has 264 valence electrons. The minimum Gasteiger partial charge on any atom is -0.497 e. The quantitative estimate of drug-likeness (QED) is 0.168. The van der Waals surface area contributed by atoms with E-state index in [-0.39, 0.29) is 11.3 Å². The molecule has 4 N–H and O–H groups in total. The van der Waals surface area contributed by atoms with Crippen LogP contribution in [-0.4, -0.2) is 107 Å². The highest BCUT2D eigenvalue weighted by atomic mass is 19.1. The summed E-state index contributed by atoms with van der Waals surface area (Å²) in [6, 6.07) is 9.98. The lowest BCUT2D eigenvalue weighted by Crippen LogP contribution is -2.28. The van der Waals surface area contributed by atoms with Crippen LogP contribution in [0.3, 0.4) is 0 Å². The summed E-state index contributed by atoms with van der Waals surface area (Å²) in [4.78, 5) is 40.1. The van der Waals surface area contributed by atoms with Gasteiger partial charge in [-0.1, -0.05) is 12.1 Å². The molecule has 50 heavy (non-hydrogen) atoms. The number of anilines is 2. The fraction of sp³-hybridized carbons (Fsp3) is 0.361. The molecule has 3 aromatic heterocycles. The summed E-state index contributed by atoms with van der Waals surface area (Å²) in [5.74, 6) is 0.443. The van der Waals surface area contributed by atoms with Crippen LogP contribution >= 0.6 is 0 Å². The van der Waals surface area contributed by atoms with Crippen molar-refractivity contribution in [1.82, 2.24) is 39.6 Å². The third kappa shape index (κ3) is 9.28. The molecule has 6 rings (SSSR count). The number of nitrogens with two attached hydrogens (primary N) is 1. The predicted octanol–water partition coefficient (Wildman–Crippen LogP) is 4.68. The van der Waals surface area contributed by atoms with Gasteiger partial charge >= 0.3 is 0 Å². The number of hydrogen-bond donors (Lipinski definition) is 3. The van der Waals surface area contributed by atoms with Crippen LogP contribution in [0.1, 0.15) is 34.5 Å². The normalized spacial score (nSPS) is 13.0. The average Bonchev–Trinajstić information content (AvgIpc) is 3.79. The Labute approximate surface area is 291 Å². The number of imidazole rings is 1. The number of fused-ring (bicyclic) bond motifs is 1. The fourth-order valence-corrected chi connectivity index (χ4v) is 5.67. The number of nitrogens with one attached hydrogen (secondary N) is 2. The summed E-state index contributed by atoms with van der Waals surface area (Å²) in [5.41, 5.74) is 9.32. The second-order valence-electron chi connectivity index (χ2n) is 12.4. The minimum atomic E-state index is -0.561. The molecule has 0 aliphatic carbocycles. The topological polar surface area (TPSA) is 151 Å². The second-order valence-corrected chi connectivity index (χ2v) is 12.4. The van der Waals surface area contributed by atoms with Gasteiger partial charge in [-0.25, -0.2) is 14.4 Å². The van der Waals surface area contributed by atoms with E-state index in [9.17, 15) is 4.79 Å². The van der Waals surface area contributed by atoms with Crippen LogP contribution in [0, 0.1) is 5.82 Å². The highest BCUT2D eigenvalue weighted by molar-refractivity contribution is 6.13. The number of methoxy groups -OCH3 is 2. The van der Waals surface area contributed by atoms with Gasteiger partial charge in [0.05, 0.1) is 37.2 Å². The summed E-state index contributed by atoms with van der Waals surface area (Å²) in [6.45, 7) is 6.03. The summed E-state index contributed by atoms with van der Waals surface area (Å²) < 4.78 is 25.7. The highest BCUT2D eigenvalue weighted by Crippen LogP contribution is 2.37. The first kappa shape index (κ1) is 36.1. The number of halogens is 1. The number of likely N-dealkylation sites (tertiary alicyclic amines) is 1. The summed E-state index contributed by atoms with van der Waals surface area (Å²) in [5, 5.41) is 2.83. The number of rotatable bonds is 12. The number of likely N-dealkylation sites (N-methyl/N-ethyl adjacent to an activating group) is 2. The Morgan fingerprint density at radius 1 is 0.940 bits per heavy atom. The SMILES string of the molecule is COc1cc(OC)c(F)c(-c2ccc(C(=O)Nc3ccc(CN(C)CCN(C)C)cn3)c3nccnc23)c1.Nc1ncc(CN2CCCC2)[nH]1. The molecular weight excluding hydrogens is 639 g/mol. The van der Waals surface area contributed by atoms with Gasteiger partial charge in [0, 0.05) is 62.0 Å². The zero-order valence-electron chi connectivity index (χ0n) is 29.2. The number of ether oxygens (including phenoxy) is 2. The largest absolute Gasteiger partial charge is 0.497 e. The fourth-order valence-electron chi connectivity index (χ4n) is 5.67. The summed E-state index contributed by atoms with van der Waals surface area (Å²) >= 11 is 0. The van der Waals surface area contributed by atoms with E-state index in [1.54, 1.807) is 30.5 Å². The van der Waals surface area contributed by atoms with Crippen LogP contribution in [0.5, 0.6) is 11.5 Å². The Morgan fingerprint density at radius 3 is 2.34 bits per heavy atom. The monoisotopic (exact) mass is 684 g/mol. The minimum absolute atomic E-state index is 0.0385. The Kier molecular flexibility index (Phi) is 12.3. The number of benzene rings is 2. The smallest absolute Gasteiger partial charge is 0.259 e. The van der Waals surface area contributed by atoms with Gasteiger partial charge in [-0.05, 0) is 70.8 Å². The van der Waals surface area contributed by atoms with Crippen molar-refractivity contribution < 1.29 is 18.7 Å². The van der Waals surface area contributed by atoms with Crippen LogP contribution in [0.15, 0.2) is 61.2 Å². The van der Waals surface area contributed by atoms with Crippen LogP contribution in [-0.2, 0) is 13.1 Å². The van der Waals surface area contributed by atoms with Crippen molar-refractivity contribution in [3.8, 4) is 22.6 Å². The van der Waals surface area contributed by atoms with Crippen LogP contribution in [0.2, 0.25) is 0 Å². The van der Waals surface area contributed by atoms with Crippen LogP contribution in [0.25, 0.3) is 22.2 Å². The van der Waals surface area contributed by atoms with Gasteiger partial charge in [-0.15, -0.1) is 0 Å².